The maximum Gasteiger partial charge on any atom is 0.200 e. The predicted molar refractivity (Wildman–Crippen MR) is 73.2 cm³/mol. The molecule has 0 saturated carbocycles. The second-order valence-corrected chi connectivity index (χ2v) is 4.79. The summed E-state index contributed by atoms with van der Waals surface area (Å²) in [7, 11) is 0. The van der Waals surface area contributed by atoms with Crippen molar-refractivity contribution in [3.8, 4) is 16.9 Å². The number of nitrogens with zero attached hydrogens (tertiary/aromatic N) is 2. The van der Waals surface area contributed by atoms with Gasteiger partial charge in [-0.05, 0) is 24.3 Å². The lowest BCUT2D eigenvalue weighted by molar-refractivity contribution is 0.374. The number of benzene rings is 2. The molecule has 0 radical (unpaired) electrons. The van der Waals surface area contributed by atoms with Gasteiger partial charge in [0.1, 0.15) is 17.3 Å². The molecule has 0 aliphatic rings. The summed E-state index contributed by atoms with van der Waals surface area (Å²) in [6, 6.07) is 6.02. The second-order valence-electron chi connectivity index (χ2n) is 4.79. The fourth-order valence-electron chi connectivity index (χ4n) is 2.12. The van der Waals surface area contributed by atoms with Crippen LogP contribution in [0, 0.1) is 34.9 Å². The van der Waals surface area contributed by atoms with Gasteiger partial charge in [-0.25, -0.2) is 31.0 Å². The Morgan fingerprint density at radius 1 is 0.750 bits per heavy atom. The van der Waals surface area contributed by atoms with Gasteiger partial charge in [0.15, 0.2) is 23.3 Å². The minimum atomic E-state index is -2.28. The lowest BCUT2D eigenvalue weighted by Gasteiger charge is -2.09. The number of aromatic nitrogens is 2. The molecular formula is C15H7F6N3. The highest BCUT2D eigenvalue weighted by atomic mass is 19.2. The molecule has 3 rings (SSSR count). The van der Waals surface area contributed by atoms with Gasteiger partial charge >= 0.3 is 0 Å². The van der Waals surface area contributed by atoms with Crippen LogP contribution in [0.1, 0.15) is 0 Å². The fourth-order valence-corrected chi connectivity index (χ4v) is 2.12. The molecule has 0 amide bonds. The van der Waals surface area contributed by atoms with Crippen LogP contribution in [-0.4, -0.2) is 9.78 Å². The van der Waals surface area contributed by atoms with E-state index in [0.29, 0.717) is 10.2 Å². The van der Waals surface area contributed by atoms with Crippen molar-refractivity contribution in [3.05, 3.63) is 65.2 Å². The first kappa shape index (κ1) is 15.9. The highest BCUT2D eigenvalue weighted by Gasteiger charge is 2.28. The Kier molecular flexibility index (Phi) is 3.70. The standard InChI is InChI=1S/C15H7F6N3/c16-7-3-1-6(2-4-7)8-5-9(22)24(23-8)15-13(20)11(18)10(17)12(19)14(15)21/h1-5H,22H2. The van der Waals surface area contributed by atoms with Gasteiger partial charge in [-0.3, -0.25) is 0 Å². The van der Waals surface area contributed by atoms with E-state index in [1.54, 1.807) is 0 Å². The van der Waals surface area contributed by atoms with Gasteiger partial charge in [-0.15, -0.1) is 0 Å². The van der Waals surface area contributed by atoms with Gasteiger partial charge in [0.2, 0.25) is 5.82 Å². The van der Waals surface area contributed by atoms with E-state index in [9.17, 15) is 26.3 Å². The van der Waals surface area contributed by atoms with E-state index in [1.807, 2.05) is 0 Å². The zero-order chi connectivity index (χ0) is 17.6. The summed E-state index contributed by atoms with van der Waals surface area (Å²) >= 11 is 0. The van der Waals surface area contributed by atoms with Crippen molar-refractivity contribution >= 4 is 5.82 Å². The summed E-state index contributed by atoms with van der Waals surface area (Å²) in [5.41, 5.74) is 4.68. The molecule has 9 heteroatoms. The van der Waals surface area contributed by atoms with Crippen molar-refractivity contribution in [2.75, 3.05) is 5.73 Å². The third-order valence-electron chi connectivity index (χ3n) is 3.28. The van der Waals surface area contributed by atoms with Crippen LogP contribution >= 0.6 is 0 Å². The largest absolute Gasteiger partial charge is 0.384 e. The number of anilines is 1. The highest BCUT2D eigenvalue weighted by molar-refractivity contribution is 5.63. The Bertz CT molecular complexity index is 904. The number of nitrogen functional groups attached to an aromatic ring is 1. The van der Waals surface area contributed by atoms with Crippen molar-refractivity contribution in [2.24, 2.45) is 0 Å². The molecule has 1 aromatic heterocycles. The number of rotatable bonds is 2. The first-order valence-corrected chi connectivity index (χ1v) is 6.44. The second kappa shape index (κ2) is 5.59. The van der Waals surface area contributed by atoms with E-state index < -0.39 is 40.6 Å². The van der Waals surface area contributed by atoms with Gasteiger partial charge in [-0.2, -0.15) is 5.10 Å². The highest BCUT2D eigenvalue weighted by Crippen LogP contribution is 2.29. The molecule has 1 heterocycles. The number of nitrogens with two attached hydrogens (primary N) is 1. The first-order chi connectivity index (χ1) is 11.3. The van der Waals surface area contributed by atoms with Crippen LogP contribution in [0.15, 0.2) is 30.3 Å². The molecule has 24 heavy (non-hydrogen) atoms. The third kappa shape index (κ3) is 2.38. The first-order valence-electron chi connectivity index (χ1n) is 6.44. The zero-order valence-corrected chi connectivity index (χ0v) is 11.6. The Balaban J connectivity index is 2.20. The van der Waals surface area contributed by atoms with Gasteiger partial charge in [0.25, 0.3) is 0 Å². The third-order valence-corrected chi connectivity index (χ3v) is 3.28. The summed E-state index contributed by atoms with van der Waals surface area (Å²) in [6.45, 7) is 0. The Labute approximate surface area is 130 Å². The van der Waals surface area contributed by atoms with Crippen LogP contribution in [0.5, 0.6) is 0 Å². The summed E-state index contributed by atoms with van der Waals surface area (Å²) in [4.78, 5) is 0. The van der Waals surface area contributed by atoms with Gasteiger partial charge in [-0.1, -0.05) is 0 Å². The minimum absolute atomic E-state index is 0.0661. The quantitative estimate of drug-likeness (QED) is 0.435. The normalized spacial score (nSPS) is 11.1. The van der Waals surface area contributed by atoms with Crippen LogP contribution in [0.2, 0.25) is 0 Å². The molecular weight excluding hydrogens is 336 g/mol. The van der Waals surface area contributed by atoms with Crippen molar-refractivity contribution < 1.29 is 26.3 Å². The van der Waals surface area contributed by atoms with Crippen LogP contribution in [0.25, 0.3) is 16.9 Å². The van der Waals surface area contributed by atoms with Gasteiger partial charge in [0.05, 0.1) is 5.69 Å². The monoisotopic (exact) mass is 343 g/mol. The molecule has 0 spiro atoms. The molecule has 0 saturated heterocycles. The molecule has 0 atom stereocenters. The van der Waals surface area contributed by atoms with E-state index in [4.69, 9.17) is 5.73 Å². The molecule has 0 aliphatic heterocycles. The Morgan fingerprint density at radius 3 is 1.79 bits per heavy atom. The lowest BCUT2D eigenvalue weighted by Crippen LogP contribution is -2.12. The molecule has 0 bridgehead atoms. The van der Waals surface area contributed by atoms with E-state index in [2.05, 4.69) is 5.10 Å². The van der Waals surface area contributed by atoms with Gasteiger partial charge in [0, 0.05) is 11.6 Å². The average Bonchev–Trinajstić information content (AvgIpc) is 2.94. The lowest BCUT2D eigenvalue weighted by atomic mass is 10.1. The van der Waals surface area contributed by atoms with E-state index in [0.717, 1.165) is 18.2 Å². The molecule has 0 aliphatic carbocycles. The van der Waals surface area contributed by atoms with Gasteiger partial charge < -0.3 is 5.73 Å². The molecule has 3 aromatic rings. The maximum atomic E-state index is 13.8. The average molecular weight is 343 g/mol. The van der Waals surface area contributed by atoms with Crippen molar-refractivity contribution in [1.29, 1.82) is 0 Å². The maximum absolute atomic E-state index is 13.8. The number of halogens is 6. The van der Waals surface area contributed by atoms with Crippen LogP contribution in [-0.2, 0) is 0 Å². The topological polar surface area (TPSA) is 43.8 Å². The van der Waals surface area contributed by atoms with E-state index in [-0.39, 0.29) is 11.5 Å². The fraction of sp³-hybridized carbons (Fsp3) is 0. The summed E-state index contributed by atoms with van der Waals surface area (Å²) < 4.78 is 80.7. The van der Waals surface area contributed by atoms with E-state index in [1.165, 1.54) is 12.1 Å². The molecule has 2 aromatic carbocycles. The van der Waals surface area contributed by atoms with Crippen molar-refractivity contribution in [3.63, 3.8) is 0 Å². The smallest absolute Gasteiger partial charge is 0.200 e. The summed E-state index contributed by atoms with van der Waals surface area (Å²) in [5.74, 6) is -11.5. The van der Waals surface area contributed by atoms with Crippen molar-refractivity contribution in [1.82, 2.24) is 9.78 Å². The predicted octanol–water partition coefficient (Wildman–Crippen LogP) is 3.96. The van der Waals surface area contributed by atoms with Crippen molar-refractivity contribution in [2.45, 2.75) is 0 Å². The molecule has 2 N–H and O–H groups in total. The molecule has 3 nitrogen and oxygen atoms in total. The Hall–Kier alpha value is -2.97. The SMILES string of the molecule is Nc1cc(-c2ccc(F)cc2)nn1-c1c(F)c(F)c(F)c(F)c1F. The minimum Gasteiger partial charge on any atom is -0.384 e. The Morgan fingerprint density at radius 2 is 1.25 bits per heavy atom. The van der Waals surface area contributed by atoms with E-state index >= 15 is 0 Å². The summed E-state index contributed by atoms with van der Waals surface area (Å²) in [6.07, 6.45) is 0. The van der Waals surface area contributed by atoms with Crippen LogP contribution in [0.4, 0.5) is 32.2 Å². The number of hydrogen-bond donors (Lipinski definition) is 1. The van der Waals surface area contributed by atoms with Crippen LogP contribution < -0.4 is 5.73 Å². The van der Waals surface area contributed by atoms with Crippen LogP contribution in [0.3, 0.4) is 0 Å². The number of hydrogen-bond acceptors (Lipinski definition) is 2. The zero-order valence-electron chi connectivity index (χ0n) is 11.6. The molecule has 0 unspecified atom stereocenters. The molecule has 124 valence electrons. The molecule has 0 fully saturated rings. The summed E-state index contributed by atoms with van der Waals surface area (Å²) in [5, 5.41) is 3.75.